The van der Waals surface area contributed by atoms with Crippen molar-refractivity contribution in [3.63, 3.8) is 0 Å². The molecule has 0 amide bonds. The lowest BCUT2D eigenvalue weighted by Gasteiger charge is -2.10. The lowest BCUT2D eigenvalue weighted by atomic mass is 10.2. The molecule has 0 aliphatic carbocycles. The van der Waals surface area contributed by atoms with Crippen molar-refractivity contribution >= 4 is 28.9 Å². The summed E-state index contributed by atoms with van der Waals surface area (Å²) < 4.78 is 0. The predicted molar refractivity (Wildman–Crippen MR) is 99.0 cm³/mol. The number of aromatic nitrogens is 3. The highest BCUT2D eigenvalue weighted by Crippen LogP contribution is 2.29. The molecule has 0 unspecified atom stereocenters. The van der Waals surface area contributed by atoms with Crippen molar-refractivity contribution in [1.29, 1.82) is 0 Å². The Morgan fingerprint density at radius 1 is 1.00 bits per heavy atom. The molecule has 2 heterocycles. The Hall–Kier alpha value is -3.26. The summed E-state index contributed by atoms with van der Waals surface area (Å²) in [7, 11) is 0. The van der Waals surface area contributed by atoms with Crippen LogP contribution < -0.4 is 10.6 Å². The molecule has 2 aromatic heterocycles. The molecule has 0 aliphatic heterocycles. The van der Waals surface area contributed by atoms with E-state index in [1.807, 2.05) is 18.2 Å². The molecule has 0 saturated heterocycles. The Morgan fingerprint density at radius 3 is 2.23 bits per heavy atom. The first-order valence-corrected chi connectivity index (χ1v) is 8.12. The van der Waals surface area contributed by atoms with Crippen LogP contribution >= 0.6 is 11.6 Å². The van der Waals surface area contributed by atoms with Crippen LogP contribution in [0.1, 0.15) is 11.1 Å². The third-order valence-corrected chi connectivity index (χ3v) is 3.81. The van der Waals surface area contributed by atoms with Gasteiger partial charge < -0.3 is 10.6 Å². The molecule has 8 nitrogen and oxygen atoms in total. The summed E-state index contributed by atoms with van der Waals surface area (Å²) in [4.78, 5) is 23.0. The van der Waals surface area contributed by atoms with Crippen molar-refractivity contribution in [3.05, 3.63) is 81.4 Å². The largest absolute Gasteiger partial charge is 0.360 e. The van der Waals surface area contributed by atoms with Crippen molar-refractivity contribution in [2.45, 2.75) is 13.1 Å². The van der Waals surface area contributed by atoms with Gasteiger partial charge in [0.1, 0.15) is 6.33 Å². The van der Waals surface area contributed by atoms with E-state index < -0.39 is 4.92 Å². The molecule has 0 radical (unpaired) electrons. The van der Waals surface area contributed by atoms with Crippen molar-refractivity contribution in [2.24, 2.45) is 0 Å². The molecule has 0 atom stereocenters. The second-order valence-electron chi connectivity index (χ2n) is 5.37. The van der Waals surface area contributed by atoms with Gasteiger partial charge in [0.25, 0.3) is 0 Å². The Balaban J connectivity index is 1.77. The van der Waals surface area contributed by atoms with E-state index in [2.05, 4.69) is 25.6 Å². The summed E-state index contributed by atoms with van der Waals surface area (Å²) in [6.45, 7) is 0.736. The molecule has 0 saturated carbocycles. The van der Waals surface area contributed by atoms with Gasteiger partial charge in [-0.15, -0.1) is 0 Å². The number of halogens is 1. The molecule has 0 spiro atoms. The highest BCUT2D eigenvalue weighted by Gasteiger charge is 2.22. The van der Waals surface area contributed by atoms with Gasteiger partial charge in [0.15, 0.2) is 0 Å². The summed E-state index contributed by atoms with van der Waals surface area (Å²) in [6.07, 6.45) is 4.62. The smallest absolute Gasteiger partial charge is 0.353 e. The highest BCUT2D eigenvalue weighted by atomic mass is 35.5. The average Bonchev–Trinajstić information content (AvgIpc) is 2.66. The Kier molecular flexibility index (Phi) is 5.55. The first kappa shape index (κ1) is 17.6. The third kappa shape index (κ3) is 4.42. The number of anilines is 2. The van der Waals surface area contributed by atoms with Crippen LogP contribution in [0.5, 0.6) is 0 Å². The molecule has 9 heteroatoms. The maximum Gasteiger partial charge on any atom is 0.353 e. The molecular weight excluding hydrogens is 356 g/mol. The van der Waals surface area contributed by atoms with Crippen LogP contribution in [0.2, 0.25) is 5.02 Å². The van der Waals surface area contributed by atoms with Crippen LogP contribution in [0.4, 0.5) is 17.3 Å². The normalized spacial score (nSPS) is 10.3. The number of hydrogen-bond donors (Lipinski definition) is 2. The van der Waals surface area contributed by atoms with E-state index in [-0.39, 0.29) is 17.3 Å². The maximum absolute atomic E-state index is 11.5. The van der Waals surface area contributed by atoms with Gasteiger partial charge in [-0.25, -0.2) is 9.97 Å². The first-order valence-electron chi connectivity index (χ1n) is 7.74. The molecule has 1 aromatic carbocycles. The van der Waals surface area contributed by atoms with Crippen molar-refractivity contribution in [2.75, 3.05) is 10.6 Å². The minimum absolute atomic E-state index is 0.146. The summed E-state index contributed by atoms with van der Waals surface area (Å²) >= 11 is 5.86. The van der Waals surface area contributed by atoms with E-state index in [0.717, 1.165) is 11.1 Å². The topological polar surface area (TPSA) is 106 Å². The lowest BCUT2D eigenvalue weighted by Crippen LogP contribution is -2.10. The first-order chi connectivity index (χ1) is 12.6. The zero-order valence-electron chi connectivity index (χ0n) is 13.6. The second kappa shape index (κ2) is 8.21. The minimum Gasteiger partial charge on any atom is -0.360 e. The van der Waals surface area contributed by atoms with Gasteiger partial charge in [0.05, 0.1) is 4.92 Å². The number of hydrogen-bond acceptors (Lipinski definition) is 7. The fourth-order valence-corrected chi connectivity index (χ4v) is 2.41. The fourth-order valence-electron chi connectivity index (χ4n) is 2.29. The van der Waals surface area contributed by atoms with Gasteiger partial charge >= 0.3 is 5.69 Å². The quantitative estimate of drug-likeness (QED) is 0.482. The highest BCUT2D eigenvalue weighted by molar-refractivity contribution is 6.30. The van der Waals surface area contributed by atoms with Gasteiger partial charge in [-0.2, -0.15) is 0 Å². The summed E-state index contributed by atoms with van der Waals surface area (Å²) in [5, 5.41) is 18.1. The summed E-state index contributed by atoms with van der Waals surface area (Å²) in [6, 6.07) is 10.9. The van der Waals surface area contributed by atoms with Crippen molar-refractivity contribution < 1.29 is 4.92 Å². The lowest BCUT2D eigenvalue weighted by molar-refractivity contribution is -0.383. The molecule has 0 bridgehead atoms. The van der Waals surface area contributed by atoms with Gasteiger partial charge in [-0.3, -0.25) is 15.1 Å². The van der Waals surface area contributed by atoms with E-state index in [4.69, 9.17) is 11.6 Å². The molecule has 0 fully saturated rings. The molecule has 0 aliphatic rings. The van der Waals surface area contributed by atoms with Crippen molar-refractivity contribution in [1.82, 2.24) is 15.0 Å². The van der Waals surface area contributed by atoms with E-state index in [1.165, 1.54) is 6.33 Å². The second-order valence-corrected chi connectivity index (χ2v) is 5.81. The number of nitrogens with zero attached hydrogens (tertiary/aromatic N) is 4. The van der Waals surface area contributed by atoms with E-state index in [9.17, 15) is 10.1 Å². The zero-order valence-corrected chi connectivity index (χ0v) is 14.3. The SMILES string of the molecule is O=[N+]([O-])c1c(NCc2ccc(Cl)cc2)ncnc1NCc1cccnc1. The van der Waals surface area contributed by atoms with Crippen LogP contribution in [0.15, 0.2) is 55.1 Å². The van der Waals surface area contributed by atoms with Crippen LogP contribution in [-0.2, 0) is 13.1 Å². The van der Waals surface area contributed by atoms with Crippen LogP contribution in [-0.4, -0.2) is 19.9 Å². The molecule has 26 heavy (non-hydrogen) atoms. The number of nitro groups is 1. The van der Waals surface area contributed by atoms with Crippen LogP contribution in [0.3, 0.4) is 0 Å². The third-order valence-electron chi connectivity index (χ3n) is 3.56. The van der Waals surface area contributed by atoms with Crippen LogP contribution in [0, 0.1) is 10.1 Å². The van der Waals surface area contributed by atoms with E-state index in [1.54, 1.807) is 30.6 Å². The Morgan fingerprint density at radius 2 is 1.65 bits per heavy atom. The minimum atomic E-state index is -0.504. The predicted octanol–water partition coefficient (Wildman–Crippen LogP) is 3.66. The molecule has 2 N–H and O–H groups in total. The van der Waals surface area contributed by atoms with Gasteiger partial charge in [0.2, 0.25) is 11.6 Å². The van der Waals surface area contributed by atoms with Gasteiger partial charge in [-0.1, -0.05) is 29.8 Å². The van der Waals surface area contributed by atoms with E-state index >= 15 is 0 Å². The summed E-state index contributed by atoms with van der Waals surface area (Å²) in [5.74, 6) is 0.293. The standard InChI is InChI=1S/C17H15ClN6O2/c18-14-5-3-12(4-6-14)9-20-16-15(24(25)26)17(23-11-22-16)21-10-13-2-1-7-19-8-13/h1-8,11H,9-10H2,(H2,20,21,22,23). The molecule has 132 valence electrons. The van der Waals surface area contributed by atoms with Gasteiger partial charge in [-0.05, 0) is 29.3 Å². The molecule has 3 rings (SSSR count). The number of rotatable bonds is 7. The van der Waals surface area contributed by atoms with Gasteiger partial charge in [0, 0.05) is 30.5 Å². The molecular formula is C17H15ClN6O2. The van der Waals surface area contributed by atoms with Crippen molar-refractivity contribution in [3.8, 4) is 0 Å². The number of pyridine rings is 1. The average molecular weight is 371 g/mol. The Labute approximate surface area is 154 Å². The summed E-state index contributed by atoms with van der Waals surface area (Å²) in [5.41, 5.74) is 1.61. The molecule has 3 aromatic rings. The fraction of sp³-hybridized carbons (Fsp3) is 0.118. The number of benzene rings is 1. The van der Waals surface area contributed by atoms with E-state index in [0.29, 0.717) is 18.1 Å². The monoisotopic (exact) mass is 370 g/mol. The van der Waals surface area contributed by atoms with Crippen LogP contribution in [0.25, 0.3) is 0 Å². The number of nitrogens with one attached hydrogen (secondary N) is 2. The maximum atomic E-state index is 11.5. The Bertz CT molecular complexity index is 890. The zero-order chi connectivity index (χ0) is 18.4.